The Kier molecular flexibility index (Phi) is 3.94. The first-order valence-corrected chi connectivity index (χ1v) is 7.41. The van der Waals surface area contributed by atoms with Crippen LogP contribution in [0.2, 0.25) is 0 Å². The van der Waals surface area contributed by atoms with Crippen LogP contribution in [0.4, 0.5) is 10.1 Å². The topological polar surface area (TPSA) is 30.5 Å². The van der Waals surface area contributed by atoms with Crippen molar-refractivity contribution < 1.29 is 13.9 Å². The highest BCUT2D eigenvalue weighted by Gasteiger charge is 2.38. The van der Waals surface area contributed by atoms with E-state index in [1.54, 1.807) is 13.0 Å². The molecule has 2 aliphatic rings. The maximum atomic E-state index is 13.6. The monoisotopic (exact) mass is 279 g/mol. The second-order valence-electron chi connectivity index (χ2n) is 5.94. The summed E-state index contributed by atoms with van der Waals surface area (Å²) in [5.74, 6) is -0.150. The summed E-state index contributed by atoms with van der Waals surface area (Å²) in [5.41, 5.74) is 1.52. The van der Waals surface area contributed by atoms with Crippen LogP contribution in [-0.2, 0) is 9.47 Å². The second kappa shape index (κ2) is 5.70. The zero-order valence-corrected chi connectivity index (χ0v) is 12.0. The van der Waals surface area contributed by atoms with Gasteiger partial charge in [0.1, 0.15) is 5.82 Å². The van der Waals surface area contributed by atoms with Crippen LogP contribution in [0.5, 0.6) is 0 Å². The fourth-order valence-electron chi connectivity index (χ4n) is 3.16. The summed E-state index contributed by atoms with van der Waals surface area (Å²) in [6, 6.07) is 5.71. The fourth-order valence-corrected chi connectivity index (χ4v) is 3.16. The SMILES string of the molecule is Cc1ccc(NC2CCOC3(CCOCC3)C2)cc1F. The Morgan fingerprint density at radius 1 is 1.25 bits per heavy atom. The van der Waals surface area contributed by atoms with Gasteiger partial charge in [-0.3, -0.25) is 0 Å². The molecule has 110 valence electrons. The van der Waals surface area contributed by atoms with Crippen molar-refractivity contribution in [1.29, 1.82) is 0 Å². The van der Waals surface area contributed by atoms with Gasteiger partial charge in [-0.05, 0) is 50.3 Å². The van der Waals surface area contributed by atoms with Gasteiger partial charge in [0.05, 0.1) is 5.60 Å². The maximum absolute atomic E-state index is 13.6. The zero-order chi connectivity index (χ0) is 14.0. The number of anilines is 1. The molecule has 1 aromatic carbocycles. The lowest BCUT2D eigenvalue weighted by molar-refractivity contribution is -0.135. The largest absolute Gasteiger partial charge is 0.382 e. The van der Waals surface area contributed by atoms with Crippen LogP contribution >= 0.6 is 0 Å². The van der Waals surface area contributed by atoms with Gasteiger partial charge in [0.2, 0.25) is 0 Å². The van der Waals surface area contributed by atoms with Gasteiger partial charge < -0.3 is 14.8 Å². The Hall–Kier alpha value is -1.13. The highest BCUT2D eigenvalue weighted by Crippen LogP contribution is 2.35. The molecular formula is C16H22FNO2. The molecular weight excluding hydrogens is 257 g/mol. The second-order valence-corrected chi connectivity index (χ2v) is 5.94. The third-order valence-corrected chi connectivity index (χ3v) is 4.44. The van der Waals surface area contributed by atoms with E-state index in [1.165, 1.54) is 0 Å². The van der Waals surface area contributed by atoms with Crippen molar-refractivity contribution in [2.75, 3.05) is 25.1 Å². The molecule has 0 aliphatic carbocycles. The first-order valence-electron chi connectivity index (χ1n) is 7.41. The normalized spacial score (nSPS) is 25.6. The van der Waals surface area contributed by atoms with Crippen molar-refractivity contribution in [3.05, 3.63) is 29.6 Å². The molecule has 0 saturated carbocycles. The van der Waals surface area contributed by atoms with Crippen molar-refractivity contribution in [3.63, 3.8) is 0 Å². The smallest absolute Gasteiger partial charge is 0.128 e. The van der Waals surface area contributed by atoms with Crippen molar-refractivity contribution in [1.82, 2.24) is 0 Å². The molecule has 2 fully saturated rings. The van der Waals surface area contributed by atoms with E-state index in [1.807, 2.05) is 12.1 Å². The molecule has 2 saturated heterocycles. The number of benzene rings is 1. The quantitative estimate of drug-likeness (QED) is 0.901. The van der Waals surface area contributed by atoms with Crippen LogP contribution in [0.25, 0.3) is 0 Å². The lowest BCUT2D eigenvalue weighted by Gasteiger charge is -2.43. The van der Waals surface area contributed by atoms with E-state index in [-0.39, 0.29) is 11.4 Å². The summed E-state index contributed by atoms with van der Waals surface area (Å²) in [7, 11) is 0. The predicted octanol–water partition coefficient (Wildman–Crippen LogP) is 3.27. The Labute approximate surface area is 119 Å². The van der Waals surface area contributed by atoms with Crippen molar-refractivity contribution in [2.45, 2.75) is 44.2 Å². The maximum Gasteiger partial charge on any atom is 0.128 e. The van der Waals surface area contributed by atoms with E-state index >= 15 is 0 Å². The summed E-state index contributed by atoms with van der Waals surface area (Å²) in [6.07, 6.45) is 3.88. The zero-order valence-electron chi connectivity index (χ0n) is 12.0. The lowest BCUT2D eigenvalue weighted by atomic mass is 9.84. The van der Waals surface area contributed by atoms with Gasteiger partial charge in [-0.25, -0.2) is 4.39 Å². The van der Waals surface area contributed by atoms with Gasteiger partial charge in [0.25, 0.3) is 0 Å². The van der Waals surface area contributed by atoms with Crippen LogP contribution in [-0.4, -0.2) is 31.5 Å². The molecule has 0 radical (unpaired) electrons. The molecule has 3 rings (SSSR count). The van der Waals surface area contributed by atoms with Gasteiger partial charge in [-0.15, -0.1) is 0 Å². The average molecular weight is 279 g/mol. The van der Waals surface area contributed by atoms with Gasteiger partial charge >= 0.3 is 0 Å². The molecule has 2 aliphatic heterocycles. The van der Waals surface area contributed by atoms with Crippen LogP contribution in [0.1, 0.15) is 31.2 Å². The predicted molar refractivity (Wildman–Crippen MR) is 76.5 cm³/mol. The van der Waals surface area contributed by atoms with Gasteiger partial charge in [0.15, 0.2) is 0 Å². The van der Waals surface area contributed by atoms with Gasteiger partial charge in [-0.1, -0.05) is 6.07 Å². The summed E-state index contributed by atoms with van der Waals surface area (Å²) in [5, 5.41) is 3.46. The number of rotatable bonds is 2. The van der Waals surface area contributed by atoms with Crippen molar-refractivity contribution >= 4 is 5.69 Å². The summed E-state index contributed by atoms with van der Waals surface area (Å²) < 4.78 is 25.1. The van der Waals surface area contributed by atoms with E-state index in [0.717, 1.165) is 51.2 Å². The number of halogens is 1. The molecule has 0 amide bonds. The van der Waals surface area contributed by atoms with Crippen LogP contribution in [0.3, 0.4) is 0 Å². The van der Waals surface area contributed by atoms with E-state index in [4.69, 9.17) is 9.47 Å². The molecule has 1 atom stereocenters. The third kappa shape index (κ3) is 2.96. The minimum absolute atomic E-state index is 0.0303. The van der Waals surface area contributed by atoms with Gasteiger partial charge in [0, 0.05) is 31.5 Å². The minimum atomic E-state index is -0.150. The van der Waals surface area contributed by atoms with E-state index in [2.05, 4.69) is 5.32 Å². The molecule has 0 bridgehead atoms. The highest BCUT2D eigenvalue weighted by atomic mass is 19.1. The Balaban J connectivity index is 1.66. The van der Waals surface area contributed by atoms with Crippen molar-refractivity contribution in [3.8, 4) is 0 Å². The molecule has 2 heterocycles. The lowest BCUT2D eigenvalue weighted by Crippen LogP contribution is -2.47. The van der Waals surface area contributed by atoms with Crippen LogP contribution in [0, 0.1) is 12.7 Å². The number of hydrogen-bond acceptors (Lipinski definition) is 3. The van der Waals surface area contributed by atoms with Gasteiger partial charge in [-0.2, -0.15) is 0 Å². The van der Waals surface area contributed by atoms with E-state index in [9.17, 15) is 4.39 Å². The minimum Gasteiger partial charge on any atom is -0.382 e. The molecule has 3 nitrogen and oxygen atoms in total. The average Bonchev–Trinajstić information content (AvgIpc) is 2.44. The molecule has 4 heteroatoms. The number of hydrogen-bond donors (Lipinski definition) is 1. The third-order valence-electron chi connectivity index (χ3n) is 4.44. The van der Waals surface area contributed by atoms with E-state index in [0.29, 0.717) is 11.6 Å². The molecule has 0 aromatic heterocycles. The summed E-state index contributed by atoms with van der Waals surface area (Å²) in [4.78, 5) is 0. The standard InChI is InChI=1S/C16H22FNO2/c1-12-2-3-13(10-15(12)17)18-14-4-7-20-16(11-14)5-8-19-9-6-16/h2-3,10,14,18H,4-9,11H2,1H3. The highest BCUT2D eigenvalue weighted by molar-refractivity contribution is 5.46. The summed E-state index contributed by atoms with van der Waals surface area (Å²) >= 11 is 0. The Morgan fingerprint density at radius 3 is 2.80 bits per heavy atom. The number of aryl methyl sites for hydroxylation is 1. The Bertz CT molecular complexity index is 466. The molecule has 1 aromatic rings. The number of ether oxygens (including phenoxy) is 2. The Morgan fingerprint density at radius 2 is 2.05 bits per heavy atom. The van der Waals surface area contributed by atoms with Crippen LogP contribution < -0.4 is 5.32 Å². The number of nitrogens with one attached hydrogen (secondary N) is 1. The molecule has 1 N–H and O–H groups in total. The van der Waals surface area contributed by atoms with Crippen LogP contribution in [0.15, 0.2) is 18.2 Å². The first kappa shape index (κ1) is 13.8. The fraction of sp³-hybridized carbons (Fsp3) is 0.625. The molecule has 1 spiro atoms. The first-order chi connectivity index (χ1) is 9.67. The molecule has 20 heavy (non-hydrogen) atoms. The molecule has 1 unspecified atom stereocenters. The van der Waals surface area contributed by atoms with Crippen molar-refractivity contribution in [2.24, 2.45) is 0 Å². The van der Waals surface area contributed by atoms with E-state index < -0.39 is 0 Å². The summed E-state index contributed by atoms with van der Waals surface area (Å²) in [6.45, 7) is 4.12.